The molecule has 1 saturated heterocycles. The van der Waals surface area contributed by atoms with Gasteiger partial charge < -0.3 is 10.1 Å². The Morgan fingerprint density at radius 3 is 2.56 bits per heavy atom. The number of hydrogen-bond acceptors (Lipinski definition) is 2. The molecule has 1 aromatic rings. The Morgan fingerprint density at radius 1 is 1.31 bits per heavy atom. The van der Waals surface area contributed by atoms with Crippen molar-refractivity contribution in [2.45, 2.75) is 12.0 Å². The van der Waals surface area contributed by atoms with Crippen LogP contribution in [0.2, 0.25) is 0 Å². The highest BCUT2D eigenvalue weighted by molar-refractivity contribution is 5.85. The van der Waals surface area contributed by atoms with Crippen LogP contribution in [-0.4, -0.2) is 18.6 Å². The van der Waals surface area contributed by atoms with E-state index in [2.05, 4.69) is 10.1 Å². The van der Waals surface area contributed by atoms with E-state index in [1.807, 2.05) is 0 Å². The van der Waals surface area contributed by atoms with Crippen LogP contribution in [-0.2, 0) is 4.74 Å². The van der Waals surface area contributed by atoms with Gasteiger partial charge in [0.2, 0.25) is 0 Å². The number of hydrogen-bond donors (Lipinski definition) is 1. The monoisotopic (exact) mass is 249 g/mol. The van der Waals surface area contributed by atoms with Gasteiger partial charge in [-0.1, -0.05) is 30.3 Å². The molecule has 1 heterocycles. The average molecular weight is 250 g/mol. The van der Waals surface area contributed by atoms with Gasteiger partial charge in [0.15, 0.2) is 6.61 Å². The first-order valence-electron chi connectivity index (χ1n) is 4.46. The van der Waals surface area contributed by atoms with E-state index in [4.69, 9.17) is 0 Å². The molecule has 1 aliphatic heterocycles. The third kappa shape index (κ3) is 2.41. The largest absolute Gasteiger partial charge is 0.443 e. The van der Waals surface area contributed by atoms with E-state index >= 15 is 0 Å². The number of rotatable bonds is 1. The lowest BCUT2D eigenvalue weighted by atomic mass is 10.0. The number of cyclic esters (lactones) is 1. The van der Waals surface area contributed by atoms with Crippen molar-refractivity contribution in [3.05, 3.63) is 35.9 Å². The van der Waals surface area contributed by atoms with Crippen LogP contribution in [0.15, 0.2) is 30.3 Å². The van der Waals surface area contributed by atoms with Crippen LogP contribution in [0.25, 0.3) is 0 Å². The molecule has 3 nitrogen and oxygen atoms in total. The molecule has 2 rings (SSSR count). The first-order chi connectivity index (χ1) is 7.09. The lowest BCUT2D eigenvalue weighted by Crippen LogP contribution is -2.49. The molecule has 6 heteroatoms. The van der Waals surface area contributed by atoms with Crippen molar-refractivity contribution in [2.24, 2.45) is 0 Å². The number of amides is 1. The first-order valence-corrected chi connectivity index (χ1v) is 4.46. The third-order valence-corrected chi connectivity index (χ3v) is 2.21. The van der Waals surface area contributed by atoms with E-state index in [9.17, 15) is 13.6 Å². The minimum Gasteiger partial charge on any atom is -0.443 e. The number of alkyl halides is 2. The maximum atomic E-state index is 13.4. The lowest BCUT2D eigenvalue weighted by molar-refractivity contribution is -0.104. The molecule has 16 heavy (non-hydrogen) atoms. The highest BCUT2D eigenvalue weighted by Crippen LogP contribution is 2.34. The Balaban J connectivity index is 0.00000128. The Bertz CT molecular complexity index is 372. The summed E-state index contributed by atoms with van der Waals surface area (Å²) in [7, 11) is 0. The van der Waals surface area contributed by atoms with Crippen LogP contribution >= 0.6 is 12.4 Å². The summed E-state index contributed by atoms with van der Waals surface area (Å²) in [5.41, 5.74) is 0.374. The van der Waals surface area contributed by atoms with Gasteiger partial charge in [-0.05, 0) is 5.56 Å². The minimum atomic E-state index is -3.07. The van der Waals surface area contributed by atoms with Crippen LogP contribution in [0.3, 0.4) is 0 Å². The average Bonchev–Trinajstić information content (AvgIpc) is 2.23. The van der Waals surface area contributed by atoms with Crippen molar-refractivity contribution in [3.8, 4) is 0 Å². The highest BCUT2D eigenvalue weighted by Gasteiger charge is 2.46. The zero-order chi connectivity index (χ0) is 10.9. The molecule has 1 fully saturated rings. The normalized spacial score (nSPS) is 22.6. The smallest absolute Gasteiger partial charge is 0.408 e. The second-order valence-corrected chi connectivity index (χ2v) is 3.33. The number of ether oxygens (including phenoxy) is 1. The van der Waals surface area contributed by atoms with Crippen LogP contribution in [0, 0.1) is 0 Å². The van der Waals surface area contributed by atoms with Crippen molar-refractivity contribution in [3.63, 3.8) is 0 Å². The van der Waals surface area contributed by atoms with Gasteiger partial charge in [-0.25, -0.2) is 13.6 Å². The van der Waals surface area contributed by atoms with E-state index in [-0.39, 0.29) is 12.4 Å². The minimum absolute atomic E-state index is 0. The fourth-order valence-electron chi connectivity index (χ4n) is 1.48. The second-order valence-electron chi connectivity index (χ2n) is 3.33. The quantitative estimate of drug-likeness (QED) is 0.831. The number of halogens is 3. The Hall–Kier alpha value is -1.36. The predicted octanol–water partition coefficient (Wildman–Crippen LogP) is 2.52. The Kier molecular flexibility index (Phi) is 3.70. The first kappa shape index (κ1) is 12.7. The Morgan fingerprint density at radius 2 is 1.94 bits per heavy atom. The molecule has 0 aliphatic carbocycles. The van der Waals surface area contributed by atoms with Crippen LogP contribution < -0.4 is 5.32 Å². The molecule has 1 aromatic carbocycles. The standard InChI is InChI=1S/C10H9F2NO2.ClH/c11-10(12)6-15-9(14)13-8(10)7-4-2-1-3-5-7;/h1-5,8H,6H2,(H,13,14);1H/t8-;/m0./s1. The number of carbonyl (C=O) groups is 1. The van der Waals surface area contributed by atoms with Gasteiger partial charge >= 0.3 is 12.0 Å². The fraction of sp³-hybridized carbons (Fsp3) is 0.300. The summed E-state index contributed by atoms with van der Waals surface area (Å²) in [4.78, 5) is 10.9. The maximum absolute atomic E-state index is 13.4. The molecule has 88 valence electrons. The van der Waals surface area contributed by atoms with Crippen LogP contribution in [0.1, 0.15) is 11.6 Å². The molecule has 0 spiro atoms. The molecule has 0 saturated carbocycles. The number of benzene rings is 1. The van der Waals surface area contributed by atoms with Gasteiger partial charge in [0.25, 0.3) is 0 Å². The molecule has 1 N–H and O–H groups in total. The SMILES string of the molecule is Cl.O=C1N[C@@H](c2ccccc2)C(F)(F)CO1. The van der Waals surface area contributed by atoms with Gasteiger partial charge in [-0.15, -0.1) is 12.4 Å². The van der Waals surface area contributed by atoms with Gasteiger partial charge in [-0.2, -0.15) is 0 Å². The van der Waals surface area contributed by atoms with Crippen molar-refractivity contribution in [2.75, 3.05) is 6.61 Å². The van der Waals surface area contributed by atoms with E-state index in [0.717, 1.165) is 0 Å². The molecule has 1 amide bonds. The highest BCUT2D eigenvalue weighted by atomic mass is 35.5. The van der Waals surface area contributed by atoms with Crippen molar-refractivity contribution < 1.29 is 18.3 Å². The fourth-order valence-corrected chi connectivity index (χ4v) is 1.48. The molecule has 0 unspecified atom stereocenters. The summed E-state index contributed by atoms with van der Waals surface area (Å²) in [5, 5.41) is 2.11. The van der Waals surface area contributed by atoms with E-state index < -0.39 is 24.7 Å². The molecular formula is C10H10ClF2NO2. The zero-order valence-corrected chi connectivity index (χ0v) is 8.97. The maximum Gasteiger partial charge on any atom is 0.408 e. The van der Waals surface area contributed by atoms with Crippen molar-refractivity contribution >= 4 is 18.5 Å². The summed E-state index contributed by atoms with van der Waals surface area (Å²) in [6, 6.07) is 6.80. The summed E-state index contributed by atoms with van der Waals surface area (Å²) in [5.74, 6) is -3.07. The van der Waals surface area contributed by atoms with Gasteiger partial charge in [0, 0.05) is 0 Å². The Labute approximate surface area is 97.2 Å². The lowest BCUT2D eigenvalue weighted by Gasteiger charge is -2.31. The molecule has 1 atom stereocenters. The number of nitrogens with one attached hydrogen (secondary N) is 1. The molecule has 0 aromatic heterocycles. The van der Waals surface area contributed by atoms with Gasteiger partial charge in [0.05, 0.1) is 0 Å². The predicted molar refractivity (Wildman–Crippen MR) is 55.9 cm³/mol. The van der Waals surface area contributed by atoms with Gasteiger partial charge in [0.1, 0.15) is 6.04 Å². The van der Waals surface area contributed by atoms with Gasteiger partial charge in [-0.3, -0.25) is 0 Å². The molecule has 1 aliphatic rings. The number of alkyl carbamates (subject to hydrolysis) is 1. The summed E-state index contributed by atoms with van der Waals surface area (Å²) in [6.45, 7) is -0.877. The van der Waals surface area contributed by atoms with E-state index in [0.29, 0.717) is 5.56 Å². The number of carbonyl (C=O) groups excluding carboxylic acids is 1. The molecular weight excluding hydrogens is 240 g/mol. The zero-order valence-electron chi connectivity index (χ0n) is 8.15. The topological polar surface area (TPSA) is 38.3 Å². The van der Waals surface area contributed by atoms with Crippen molar-refractivity contribution in [1.82, 2.24) is 5.32 Å². The van der Waals surface area contributed by atoms with Crippen LogP contribution in [0.5, 0.6) is 0 Å². The van der Waals surface area contributed by atoms with Crippen LogP contribution in [0.4, 0.5) is 13.6 Å². The van der Waals surface area contributed by atoms with E-state index in [1.165, 1.54) is 0 Å². The molecule has 0 radical (unpaired) electrons. The third-order valence-electron chi connectivity index (χ3n) is 2.21. The summed E-state index contributed by atoms with van der Waals surface area (Å²) in [6.07, 6.45) is -0.810. The van der Waals surface area contributed by atoms with E-state index in [1.54, 1.807) is 30.3 Å². The summed E-state index contributed by atoms with van der Waals surface area (Å²) < 4.78 is 31.0. The molecule has 0 bridgehead atoms. The second kappa shape index (κ2) is 4.65. The van der Waals surface area contributed by atoms with Crippen molar-refractivity contribution in [1.29, 1.82) is 0 Å². The summed E-state index contributed by atoms with van der Waals surface area (Å²) >= 11 is 0.